The van der Waals surface area contributed by atoms with Crippen molar-refractivity contribution in [2.75, 3.05) is 0 Å². The highest BCUT2D eigenvalue weighted by Gasteiger charge is 2.04. The lowest BCUT2D eigenvalue weighted by atomic mass is 10.1. The Kier molecular flexibility index (Phi) is 2.93. The first-order valence-corrected chi connectivity index (χ1v) is 4.02. The van der Waals surface area contributed by atoms with Crippen LogP contribution in [0.5, 0.6) is 0 Å². The van der Waals surface area contributed by atoms with Crippen LogP contribution in [-0.2, 0) is 11.2 Å². The van der Waals surface area contributed by atoms with Crippen LogP contribution in [0.3, 0.4) is 0 Å². The summed E-state index contributed by atoms with van der Waals surface area (Å²) in [6.07, 6.45) is -0.0649. The van der Waals surface area contributed by atoms with Crippen LogP contribution < -0.4 is 0 Å². The number of aliphatic carboxylic acids is 1. The van der Waals surface area contributed by atoms with Crippen LogP contribution >= 0.6 is 12.6 Å². The summed E-state index contributed by atoms with van der Waals surface area (Å²) in [5.41, 5.74) is 1.11. The van der Waals surface area contributed by atoms with Gasteiger partial charge in [-0.3, -0.25) is 4.79 Å². The maximum atomic E-state index is 10.4. The van der Waals surface area contributed by atoms with E-state index < -0.39 is 5.97 Å². The Bertz CT molecular complexity index is 382. The molecule has 4 heteroatoms. The molecule has 1 rings (SSSR count). The smallest absolute Gasteiger partial charge is 0.307 e. The zero-order chi connectivity index (χ0) is 9.84. The van der Waals surface area contributed by atoms with E-state index in [0.717, 1.165) is 0 Å². The van der Waals surface area contributed by atoms with Gasteiger partial charge in [0.15, 0.2) is 0 Å². The molecule has 3 nitrogen and oxygen atoms in total. The van der Waals surface area contributed by atoms with Crippen molar-refractivity contribution in [3.63, 3.8) is 0 Å². The van der Waals surface area contributed by atoms with E-state index >= 15 is 0 Å². The van der Waals surface area contributed by atoms with E-state index in [9.17, 15) is 4.79 Å². The lowest BCUT2D eigenvalue weighted by Gasteiger charge is -2.01. The van der Waals surface area contributed by atoms with Crippen LogP contribution in [0.2, 0.25) is 0 Å². The second-order valence-electron chi connectivity index (χ2n) is 2.53. The number of carboxylic acid groups (broad SMARTS) is 1. The van der Waals surface area contributed by atoms with E-state index in [-0.39, 0.29) is 6.42 Å². The molecule has 0 saturated heterocycles. The van der Waals surface area contributed by atoms with Gasteiger partial charge in [0.1, 0.15) is 0 Å². The first-order valence-electron chi connectivity index (χ1n) is 3.57. The minimum absolute atomic E-state index is 0.0649. The van der Waals surface area contributed by atoms with Crippen LogP contribution in [0.25, 0.3) is 0 Å². The fourth-order valence-electron chi connectivity index (χ4n) is 0.946. The number of nitrogens with zero attached hydrogens (tertiary/aromatic N) is 1. The van der Waals surface area contributed by atoms with Gasteiger partial charge in [0, 0.05) is 4.90 Å². The summed E-state index contributed by atoms with van der Waals surface area (Å²) in [6, 6.07) is 6.70. The predicted octanol–water partition coefficient (Wildman–Crippen LogP) is 1.47. The van der Waals surface area contributed by atoms with Gasteiger partial charge in [-0.25, -0.2) is 0 Å². The molecule has 0 heterocycles. The van der Waals surface area contributed by atoms with Crippen molar-refractivity contribution in [2.45, 2.75) is 11.3 Å². The van der Waals surface area contributed by atoms with Gasteiger partial charge in [-0.2, -0.15) is 5.26 Å². The minimum atomic E-state index is -0.903. The number of carboxylic acids is 1. The predicted molar refractivity (Wildman–Crippen MR) is 49.7 cm³/mol. The number of nitriles is 1. The van der Waals surface area contributed by atoms with Gasteiger partial charge >= 0.3 is 5.97 Å². The fraction of sp³-hybridized carbons (Fsp3) is 0.111. The summed E-state index contributed by atoms with van der Waals surface area (Å²) in [5, 5.41) is 17.1. The van der Waals surface area contributed by atoms with Gasteiger partial charge in [-0.05, 0) is 17.7 Å². The molecule has 1 aromatic rings. The Morgan fingerprint density at radius 2 is 2.31 bits per heavy atom. The summed E-state index contributed by atoms with van der Waals surface area (Å²) in [4.78, 5) is 10.9. The zero-order valence-electron chi connectivity index (χ0n) is 6.69. The van der Waals surface area contributed by atoms with Crippen LogP contribution in [-0.4, -0.2) is 11.1 Å². The molecule has 0 radical (unpaired) electrons. The maximum Gasteiger partial charge on any atom is 0.307 e. The Labute approximate surface area is 81.0 Å². The molecule has 0 bridgehead atoms. The first-order chi connectivity index (χ1) is 6.13. The van der Waals surface area contributed by atoms with Gasteiger partial charge < -0.3 is 5.11 Å². The van der Waals surface area contributed by atoms with Gasteiger partial charge in [-0.15, -0.1) is 12.6 Å². The molecule has 0 atom stereocenters. The number of rotatable bonds is 2. The molecule has 1 aromatic carbocycles. The van der Waals surface area contributed by atoms with Crippen LogP contribution in [0.4, 0.5) is 0 Å². The average molecular weight is 193 g/mol. The highest BCUT2D eigenvalue weighted by atomic mass is 32.1. The Hall–Kier alpha value is -1.47. The molecule has 0 aromatic heterocycles. The third kappa shape index (κ3) is 2.49. The van der Waals surface area contributed by atoms with Crippen molar-refractivity contribution in [3.05, 3.63) is 29.3 Å². The molecule has 0 aliphatic rings. The number of benzene rings is 1. The number of thiol groups is 1. The third-order valence-corrected chi connectivity index (χ3v) is 1.97. The minimum Gasteiger partial charge on any atom is -0.481 e. The summed E-state index contributed by atoms with van der Waals surface area (Å²) >= 11 is 4.08. The average Bonchev–Trinajstić information content (AvgIpc) is 2.08. The highest BCUT2D eigenvalue weighted by molar-refractivity contribution is 7.80. The quantitative estimate of drug-likeness (QED) is 0.699. The van der Waals surface area contributed by atoms with Crippen molar-refractivity contribution in [2.24, 2.45) is 0 Å². The standard InChI is InChI=1S/C9H7NO2S/c10-5-6-1-2-7(4-9(11)12)8(13)3-6/h1-3,13H,4H2,(H,11,12). The number of hydrogen-bond donors (Lipinski definition) is 2. The lowest BCUT2D eigenvalue weighted by Crippen LogP contribution is -2.00. The second-order valence-corrected chi connectivity index (χ2v) is 3.01. The fourth-order valence-corrected chi connectivity index (χ4v) is 1.24. The van der Waals surface area contributed by atoms with Crippen LogP contribution in [0, 0.1) is 11.3 Å². The van der Waals surface area contributed by atoms with Crippen LogP contribution in [0.15, 0.2) is 23.1 Å². The largest absolute Gasteiger partial charge is 0.481 e. The Balaban J connectivity index is 3.00. The van der Waals surface area contributed by atoms with E-state index in [1.54, 1.807) is 18.2 Å². The molecule has 0 aliphatic carbocycles. The lowest BCUT2D eigenvalue weighted by molar-refractivity contribution is -0.136. The summed E-state index contributed by atoms with van der Waals surface area (Å²) in [7, 11) is 0. The van der Waals surface area contributed by atoms with Crippen molar-refractivity contribution in [1.82, 2.24) is 0 Å². The van der Waals surface area contributed by atoms with Crippen LogP contribution in [0.1, 0.15) is 11.1 Å². The first kappa shape index (κ1) is 9.62. The Morgan fingerprint density at radius 3 is 2.77 bits per heavy atom. The van der Waals surface area contributed by atoms with Crippen molar-refractivity contribution in [3.8, 4) is 6.07 Å². The monoisotopic (exact) mass is 193 g/mol. The number of hydrogen-bond acceptors (Lipinski definition) is 3. The van der Waals surface area contributed by atoms with E-state index in [1.165, 1.54) is 0 Å². The molecule has 0 spiro atoms. The van der Waals surface area contributed by atoms with E-state index in [1.807, 2.05) is 6.07 Å². The second kappa shape index (κ2) is 3.97. The van der Waals surface area contributed by atoms with Crippen molar-refractivity contribution < 1.29 is 9.90 Å². The van der Waals surface area contributed by atoms with E-state index in [0.29, 0.717) is 16.0 Å². The molecular weight excluding hydrogens is 186 g/mol. The summed E-state index contributed by atoms with van der Waals surface area (Å²) in [5.74, 6) is -0.903. The Morgan fingerprint density at radius 1 is 1.62 bits per heavy atom. The molecule has 0 saturated carbocycles. The molecule has 13 heavy (non-hydrogen) atoms. The van der Waals surface area contributed by atoms with Gasteiger partial charge in [-0.1, -0.05) is 6.07 Å². The molecule has 1 N–H and O–H groups in total. The summed E-state index contributed by atoms with van der Waals surface area (Å²) in [6.45, 7) is 0. The number of carbonyl (C=O) groups is 1. The topological polar surface area (TPSA) is 61.1 Å². The SMILES string of the molecule is N#Cc1ccc(CC(=O)O)c(S)c1. The van der Waals surface area contributed by atoms with Crippen molar-refractivity contribution in [1.29, 1.82) is 5.26 Å². The maximum absolute atomic E-state index is 10.4. The molecule has 0 aliphatic heterocycles. The molecule has 0 amide bonds. The highest BCUT2D eigenvalue weighted by Crippen LogP contribution is 2.16. The van der Waals surface area contributed by atoms with E-state index in [4.69, 9.17) is 10.4 Å². The summed E-state index contributed by atoms with van der Waals surface area (Å²) < 4.78 is 0. The molecule has 0 fully saturated rings. The van der Waals surface area contributed by atoms with Crippen molar-refractivity contribution >= 4 is 18.6 Å². The van der Waals surface area contributed by atoms with E-state index in [2.05, 4.69) is 12.6 Å². The van der Waals surface area contributed by atoms with Gasteiger partial charge in [0.2, 0.25) is 0 Å². The third-order valence-electron chi connectivity index (χ3n) is 1.56. The molecular formula is C9H7NO2S. The van der Waals surface area contributed by atoms with Gasteiger partial charge in [0.25, 0.3) is 0 Å². The zero-order valence-corrected chi connectivity index (χ0v) is 7.58. The van der Waals surface area contributed by atoms with Gasteiger partial charge in [0.05, 0.1) is 18.1 Å². The molecule has 66 valence electrons. The normalized spacial score (nSPS) is 9.23. The molecule has 0 unspecified atom stereocenters.